The Balaban J connectivity index is 2.42. The van der Waals surface area contributed by atoms with Crippen molar-refractivity contribution in [2.24, 2.45) is 5.92 Å². The summed E-state index contributed by atoms with van der Waals surface area (Å²) in [6, 6.07) is 2.40. The number of rotatable bonds is 2. The van der Waals surface area contributed by atoms with Crippen molar-refractivity contribution in [1.29, 1.82) is 0 Å². The van der Waals surface area contributed by atoms with Crippen molar-refractivity contribution in [2.75, 3.05) is 18.8 Å². The zero-order chi connectivity index (χ0) is 14.2. The predicted molar refractivity (Wildman–Crippen MR) is 72.7 cm³/mol. The van der Waals surface area contributed by atoms with Gasteiger partial charge in [-0.1, -0.05) is 6.92 Å². The third-order valence-corrected chi connectivity index (χ3v) is 5.44. The average molecular weight is 286 g/mol. The first kappa shape index (κ1) is 14.3. The maximum absolute atomic E-state index is 13.9. The Morgan fingerprint density at radius 2 is 2.11 bits per heavy atom. The van der Waals surface area contributed by atoms with Gasteiger partial charge in [-0.2, -0.15) is 4.31 Å². The molecule has 1 heterocycles. The highest BCUT2D eigenvalue weighted by Gasteiger charge is 2.31. The van der Waals surface area contributed by atoms with Gasteiger partial charge in [0.15, 0.2) is 0 Å². The number of piperidine rings is 1. The molecule has 4 nitrogen and oxygen atoms in total. The Bertz CT molecular complexity index is 587. The molecule has 1 saturated heterocycles. The first-order chi connectivity index (χ1) is 8.82. The summed E-state index contributed by atoms with van der Waals surface area (Å²) in [5, 5.41) is 0. The summed E-state index contributed by atoms with van der Waals surface area (Å²) < 4.78 is 40.2. The lowest BCUT2D eigenvalue weighted by Crippen LogP contribution is -2.39. The molecule has 106 valence electrons. The van der Waals surface area contributed by atoms with Gasteiger partial charge in [0.25, 0.3) is 0 Å². The highest BCUT2D eigenvalue weighted by atomic mass is 32.2. The molecule has 0 bridgehead atoms. The van der Waals surface area contributed by atoms with E-state index in [4.69, 9.17) is 5.73 Å². The molecular weight excluding hydrogens is 267 g/mol. The summed E-state index contributed by atoms with van der Waals surface area (Å²) in [4.78, 5) is -0.315. The number of hydrogen-bond acceptors (Lipinski definition) is 3. The minimum absolute atomic E-state index is 0.296. The van der Waals surface area contributed by atoms with Crippen molar-refractivity contribution >= 4 is 15.7 Å². The Morgan fingerprint density at radius 1 is 1.42 bits per heavy atom. The SMILES string of the molecule is Cc1cc(F)c(S(=O)(=O)N2CCCC(C)C2)cc1N. The van der Waals surface area contributed by atoms with Crippen LogP contribution in [0.15, 0.2) is 17.0 Å². The lowest BCUT2D eigenvalue weighted by molar-refractivity contribution is 0.280. The number of anilines is 1. The molecule has 2 N–H and O–H groups in total. The van der Waals surface area contributed by atoms with Crippen LogP contribution in [0.5, 0.6) is 0 Å². The van der Waals surface area contributed by atoms with Gasteiger partial charge in [-0.15, -0.1) is 0 Å². The summed E-state index contributed by atoms with van der Waals surface area (Å²) >= 11 is 0. The van der Waals surface area contributed by atoms with Gasteiger partial charge in [0, 0.05) is 18.8 Å². The van der Waals surface area contributed by atoms with E-state index < -0.39 is 15.8 Å². The number of sulfonamides is 1. The molecule has 1 atom stereocenters. The standard InChI is InChI=1S/C13H19FN2O2S/c1-9-4-3-5-16(8-9)19(17,18)13-7-12(15)10(2)6-11(13)14/h6-7,9H,3-5,8,15H2,1-2H3. The lowest BCUT2D eigenvalue weighted by atomic mass is 10.0. The Kier molecular flexibility index (Phi) is 3.82. The summed E-state index contributed by atoms with van der Waals surface area (Å²) in [5.41, 5.74) is 6.53. The molecule has 0 amide bonds. The van der Waals surface area contributed by atoms with E-state index >= 15 is 0 Å². The zero-order valence-corrected chi connectivity index (χ0v) is 12.0. The lowest BCUT2D eigenvalue weighted by Gasteiger charge is -2.30. The van der Waals surface area contributed by atoms with Crippen LogP contribution in [0.1, 0.15) is 25.3 Å². The molecule has 1 unspecified atom stereocenters. The highest BCUT2D eigenvalue weighted by molar-refractivity contribution is 7.89. The maximum Gasteiger partial charge on any atom is 0.246 e. The van der Waals surface area contributed by atoms with E-state index in [-0.39, 0.29) is 4.90 Å². The van der Waals surface area contributed by atoms with E-state index in [9.17, 15) is 12.8 Å². The topological polar surface area (TPSA) is 63.4 Å². The van der Waals surface area contributed by atoms with Gasteiger partial charge in [0.1, 0.15) is 10.7 Å². The van der Waals surface area contributed by atoms with Gasteiger partial charge < -0.3 is 5.73 Å². The van der Waals surface area contributed by atoms with Gasteiger partial charge in [-0.3, -0.25) is 0 Å². The minimum atomic E-state index is -3.79. The first-order valence-electron chi connectivity index (χ1n) is 6.38. The molecule has 1 aliphatic rings. The number of nitrogen functional groups attached to an aromatic ring is 1. The molecule has 0 radical (unpaired) electrons. The molecular formula is C13H19FN2O2S. The summed E-state index contributed by atoms with van der Waals surface area (Å²) in [6.07, 6.45) is 1.81. The first-order valence-corrected chi connectivity index (χ1v) is 7.82. The Labute approximate surface area is 113 Å². The van der Waals surface area contributed by atoms with Gasteiger partial charge in [-0.25, -0.2) is 12.8 Å². The van der Waals surface area contributed by atoms with Crippen LogP contribution in [0.2, 0.25) is 0 Å². The predicted octanol–water partition coefficient (Wildman–Crippen LogP) is 2.14. The largest absolute Gasteiger partial charge is 0.398 e. The average Bonchev–Trinajstić information content (AvgIpc) is 2.33. The van der Waals surface area contributed by atoms with Crippen molar-refractivity contribution in [3.8, 4) is 0 Å². The van der Waals surface area contributed by atoms with Gasteiger partial charge in [0.2, 0.25) is 10.0 Å². The molecule has 0 spiro atoms. The fraction of sp³-hybridized carbons (Fsp3) is 0.538. The van der Waals surface area contributed by atoms with Crippen LogP contribution in [0.4, 0.5) is 10.1 Å². The van der Waals surface area contributed by atoms with E-state index in [1.807, 2.05) is 6.92 Å². The highest BCUT2D eigenvalue weighted by Crippen LogP contribution is 2.27. The molecule has 1 aromatic carbocycles. The second-order valence-electron chi connectivity index (χ2n) is 5.25. The van der Waals surface area contributed by atoms with E-state index in [2.05, 4.69) is 0 Å². The second-order valence-corrected chi connectivity index (χ2v) is 7.16. The van der Waals surface area contributed by atoms with Crippen molar-refractivity contribution in [1.82, 2.24) is 4.31 Å². The van der Waals surface area contributed by atoms with E-state index in [1.54, 1.807) is 6.92 Å². The Morgan fingerprint density at radius 3 is 2.74 bits per heavy atom. The molecule has 1 aliphatic heterocycles. The number of hydrogen-bond donors (Lipinski definition) is 1. The molecule has 0 aliphatic carbocycles. The van der Waals surface area contributed by atoms with Crippen LogP contribution in [0.25, 0.3) is 0 Å². The summed E-state index contributed by atoms with van der Waals surface area (Å²) in [7, 11) is -3.79. The van der Waals surface area contributed by atoms with Crippen molar-refractivity contribution < 1.29 is 12.8 Å². The fourth-order valence-electron chi connectivity index (χ4n) is 2.37. The van der Waals surface area contributed by atoms with Gasteiger partial charge in [0.05, 0.1) is 0 Å². The smallest absolute Gasteiger partial charge is 0.246 e. The van der Waals surface area contributed by atoms with Crippen LogP contribution in [0.3, 0.4) is 0 Å². The number of benzene rings is 1. The summed E-state index contributed by atoms with van der Waals surface area (Å²) in [5.74, 6) is -0.431. The summed E-state index contributed by atoms with van der Waals surface area (Å²) in [6.45, 7) is 4.54. The van der Waals surface area contributed by atoms with Crippen molar-refractivity contribution in [3.05, 3.63) is 23.5 Å². The van der Waals surface area contributed by atoms with Crippen LogP contribution in [-0.2, 0) is 10.0 Å². The van der Waals surface area contributed by atoms with Crippen LogP contribution in [-0.4, -0.2) is 25.8 Å². The third kappa shape index (κ3) is 2.74. The molecule has 19 heavy (non-hydrogen) atoms. The third-order valence-electron chi connectivity index (χ3n) is 3.56. The molecule has 0 saturated carbocycles. The van der Waals surface area contributed by atoms with Gasteiger partial charge in [-0.05, 0) is 43.4 Å². The molecule has 1 aromatic rings. The number of nitrogens with two attached hydrogens (primary N) is 1. The van der Waals surface area contributed by atoms with E-state index in [0.29, 0.717) is 30.3 Å². The molecule has 6 heteroatoms. The second kappa shape index (κ2) is 5.09. The van der Waals surface area contributed by atoms with E-state index in [1.165, 1.54) is 16.4 Å². The Hall–Kier alpha value is -1.14. The van der Waals surface area contributed by atoms with Gasteiger partial charge >= 0.3 is 0 Å². The molecule has 1 fully saturated rings. The maximum atomic E-state index is 13.9. The molecule has 0 aromatic heterocycles. The van der Waals surface area contributed by atoms with Crippen LogP contribution >= 0.6 is 0 Å². The van der Waals surface area contributed by atoms with E-state index in [0.717, 1.165) is 12.8 Å². The number of aryl methyl sites for hydroxylation is 1. The van der Waals surface area contributed by atoms with Crippen LogP contribution in [0, 0.1) is 18.7 Å². The van der Waals surface area contributed by atoms with Crippen molar-refractivity contribution in [2.45, 2.75) is 31.6 Å². The quantitative estimate of drug-likeness (QED) is 0.847. The normalized spacial score (nSPS) is 21.5. The number of halogens is 1. The minimum Gasteiger partial charge on any atom is -0.398 e. The molecule has 2 rings (SSSR count). The number of nitrogens with zero attached hydrogens (tertiary/aromatic N) is 1. The fourth-order valence-corrected chi connectivity index (χ4v) is 4.05. The zero-order valence-electron chi connectivity index (χ0n) is 11.2. The van der Waals surface area contributed by atoms with Crippen molar-refractivity contribution in [3.63, 3.8) is 0 Å². The van der Waals surface area contributed by atoms with Crippen LogP contribution < -0.4 is 5.73 Å². The monoisotopic (exact) mass is 286 g/mol.